The first kappa shape index (κ1) is 23.9. The van der Waals surface area contributed by atoms with Crippen LogP contribution in [-0.2, 0) is 10.0 Å². The summed E-state index contributed by atoms with van der Waals surface area (Å²) in [5.74, 6) is 0.764. The molecule has 0 heterocycles. The Kier molecular flexibility index (Phi) is 9.53. The lowest BCUT2D eigenvalue weighted by Gasteiger charge is -2.35. The molecule has 0 aliphatic heterocycles. The lowest BCUT2D eigenvalue weighted by Crippen LogP contribution is -2.48. The van der Waals surface area contributed by atoms with Crippen LogP contribution in [0.2, 0.25) is 0 Å². The van der Waals surface area contributed by atoms with Crippen molar-refractivity contribution in [1.29, 1.82) is 0 Å². The van der Waals surface area contributed by atoms with E-state index in [1.54, 1.807) is 0 Å². The molecule has 1 rings (SSSR count). The molecule has 0 unspecified atom stereocenters. The third-order valence-corrected chi connectivity index (χ3v) is 5.04. The molecule has 0 bridgehead atoms. The van der Waals surface area contributed by atoms with Gasteiger partial charge >= 0.3 is 0 Å². The fourth-order valence-corrected chi connectivity index (χ4v) is 3.94. The van der Waals surface area contributed by atoms with Crippen molar-refractivity contribution in [3.8, 4) is 0 Å². The molecule has 1 saturated carbocycles. The standard InChI is InChI=1S/C16H34N4O2S.HI/c1-7-17-14(18-12-16(4,5)20-23(6,21)22)19-13-8-10-15(2,3)11-9-13;/h13,20H,7-12H2,1-6H3,(H2,17,18,19);1H. The number of aliphatic imine (C=N–C) groups is 1. The van der Waals surface area contributed by atoms with E-state index in [0.29, 0.717) is 18.0 Å². The van der Waals surface area contributed by atoms with Gasteiger partial charge in [0.1, 0.15) is 0 Å². The maximum atomic E-state index is 11.4. The summed E-state index contributed by atoms with van der Waals surface area (Å²) in [5.41, 5.74) is -0.167. The topological polar surface area (TPSA) is 82.6 Å². The van der Waals surface area contributed by atoms with E-state index in [4.69, 9.17) is 0 Å². The van der Waals surface area contributed by atoms with E-state index < -0.39 is 15.6 Å². The first-order valence-electron chi connectivity index (χ1n) is 8.46. The second-order valence-electron chi connectivity index (χ2n) is 8.04. The summed E-state index contributed by atoms with van der Waals surface area (Å²) in [6.45, 7) is 11.5. The maximum absolute atomic E-state index is 11.4. The van der Waals surface area contributed by atoms with Gasteiger partial charge in [0, 0.05) is 18.1 Å². The number of sulfonamides is 1. The number of nitrogens with one attached hydrogen (secondary N) is 3. The minimum Gasteiger partial charge on any atom is -0.357 e. The summed E-state index contributed by atoms with van der Waals surface area (Å²) in [5, 5.41) is 6.74. The Bertz CT molecular complexity index is 508. The van der Waals surface area contributed by atoms with Gasteiger partial charge in [-0.25, -0.2) is 13.1 Å². The van der Waals surface area contributed by atoms with E-state index in [9.17, 15) is 8.42 Å². The second-order valence-corrected chi connectivity index (χ2v) is 9.78. The molecule has 8 heteroatoms. The normalized spacial score (nSPS) is 19.5. The first-order chi connectivity index (χ1) is 10.4. The SMILES string of the molecule is CCNC(=NCC(C)(C)NS(C)(=O)=O)NC1CCC(C)(C)CC1.I. The molecule has 0 aromatic rings. The number of rotatable bonds is 6. The van der Waals surface area contributed by atoms with Crippen molar-refractivity contribution in [2.75, 3.05) is 19.3 Å². The van der Waals surface area contributed by atoms with Crippen LogP contribution < -0.4 is 15.4 Å². The number of hydrogen-bond acceptors (Lipinski definition) is 3. The van der Waals surface area contributed by atoms with Crippen LogP contribution in [0, 0.1) is 5.41 Å². The Morgan fingerprint density at radius 1 is 1.25 bits per heavy atom. The van der Waals surface area contributed by atoms with Gasteiger partial charge in [-0.2, -0.15) is 0 Å². The van der Waals surface area contributed by atoms with Crippen molar-refractivity contribution in [2.24, 2.45) is 10.4 Å². The Labute approximate surface area is 165 Å². The average molecular weight is 474 g/mol. The van der Waals surface area contributed by atoms with Gasteiger partial charge in [-0.05, 0) is 51.9 Å². The van der Waals surface area contributed by atoms with Gasteiger partial charge in [0.25, 0.3) is 0 Å². The van der Waals surface area contributed by atoms with Gasteiger partial charge < -0.3 is 10.6 Å². The molecule has 3 N–H and O–H groups in total. The highest BCUT2D eigenvalue weighted by Crippen LogP contribution is 2.34. The molecule has 1 fully saturated rings. The minimum absolute atomic E-state index is 0. The third-order valence-electron chi connectivity index (χ3n) is 4.12. The Morgan fingerprint density at radius 3 is 2.25 bits per heavy atom. The molecule has 144 valence electrons. The summed E-state index contributed by atoms with van der Waals surface area (Å²) in [7, 11) is -3.24. The van der Waals surface area contributed by atoms with Crippen molar-refractivity contribution in [2.45, 2.75) is 71.9 Å². The molecular formula is C16H35IN4O2S. The fourth-order valence-electron chi connectivity index (χ4n) is 2.87. The van der Waals surface area contributed by atoms with Crippen molar-refractivity contribution in [3.05, 3.63) is 0 Å². The summed E-state index contributed by atoms with van der Waals surface area (Å²) in [6, 6.07) is 0.437. The van der Waals surface area contributed by atoms with E-state index in [1.165, 1.54) is 19.1 Å². The van der Waals surface area contributed by atoms with Crippen molar-refractivity contribution in [3.63, 3.8) is 0 Å². The van der Waals surface area contributed by atoms with E-state index in [0.717, 1.165) is 25.3 Å². The predicted molar refractivity (Wildman–Crippen MR) is 113 cm³/mol. The van der Waals surface area contributed by atoms with Crippen LogP contribution >= 0.6 is 24.0 Å². The monoisotopic (exact) mass is 474 g/mol. The van der Waals surface area contributed by atoms with Crippen LogP contribution in [0.3, 0.4) is 0 Å². The minimum atomic E-state index is -3.24. The molecule has 0 radical (unpaired) electrons. The van der Waals surface area contributed by atoms with Crippen LogP contribution in [0.5, 0.6) is 0 Å². The molecule has 24 heavy (non-hydrogen) atoms. The highest BCUT2D eigenvalue weighted by molar-refractivity contribution is 14.0. The van der Waals surface area contributed by atoms with Gasteiger partial charge in [-0.3, -0.25) is 4.99 Å². The van der Waals surface area contributed by atoms with Gasteiger partial charge in [-0.1, -0.05) is 13.8 Å². The van der Waals surface area contributed by atoms with E-state index in [2.05, 4.69) is 34.2 Å². The van der Waals surface area contributed by atoms with E-state index >= 15 is 0 Å². The lowest BCUT2D eigenvalue weighted by atomic mass is 9.75. The molecule has 0 aromatic heterocycles. The summed E-state index contributed by atoms with van der Waals surface area (Å²) < 4.78 is 25.4. The highest BCUT2D eigenvalue weighted by Gasteiger charge is 2.27. The fraction of sp³-hybridized carbons (Fsp3) is 0.938. The number of guanidine groups is 1. The Hall–Kier alpha value is -0.0900. The van der Waals surface area contributed by atoms with Gasteiger partial charge in [0.2, 0.25) is 10.0 Å². The summed E-state index contributed by atoms with van der Waals surface area (Å²) in [6.07, 6.45) is 5.88. The van der Waals surface area contributed by atoms with Gasteiger partial charge in [0.15, 0.2) is 5.96 Å². The van der Waals surface area contributed by atoms with E-state index in [1.807, 2.05) is 20.8 Å². The molecule has 0 amide bonds. The second kappa shape index (κ2) is 9.56. The first-order valence-corrected chi connectivity index (χ1v) is 10.4. The average Bonchev–Trinajstić information content (AvgIpc) is 2.36. The van der Waals surface area contributed by atoms with Crippen LogP contribution in [0.1, 0.15) is 60.3 Å². The van der Waals surface area contributed by atoms with Crippen molar-refractivity contribution in [1.82, 2.24) is 15.4 Å². The zero-order chi connectivity index (χ0) is 17.7. The molecule has 0 spiro atoms. The number of nitrogens with zero attached hydrogens (tertiary/aromatic N) is 1. The smallest absolute Gasteiger partial charge is 0.209 e. The molecule has 0 saturated heterocycles. The number of hydrogen-bond donors (Lipinski definition) is 3. The van der Waals surface area contributed by atoms with Crippen molar-refractivity contribution < 1.29 is 8.42 Å². The highest BCUT2D eigenvalue weighted by atomic mass is 127. The lowest BCUT2D eigenvalue weighted by molar-refractivity contribution is 0.216. The molecule has 0 aromatic carbocycles. The number of halogens is 1. The van der Waals surface area contributed by atoms with E-state index in [-0.39, 0.29) is 24.0 Å². The van der Waals surface area contributed by atoms with Gasteiger partial charge in [0.05, 0.1) is 12.8 Å². The largest absolute Gasteiger partial charge is 0.357 e. The van der Waals surface area contributed by atoms with Crippen LogP contribution in [0.25, 0.3) is 0 Å². The maximum Gasteiger partial charge on any atom is 0.209 e. The van der Waals surface area contributed by atoms with Crippen LogP contribution in [-0.4, -0.2) is 45.3 Å². The molecule has 1 aliphatic carbocycles. The zero-order valence-corrected chi connectivity index (χ0v) is 19.0. The molecular weight excluding hydrogens is 439 g/mol. The summed E-state index contributed by atoms with van der Waals surface area (Å²) >= 11 is 0. The summed E-state index contributed by atoms with van der Waals surface area (Å²) in [4.78, 5) is 4.57. The third kappa shape index (κ3) is 10.0. The Balaban J connectivity index is 0.00000529. The van der Waals surface area contributed by atoms with Crippen LogP contribution in [0.4, 0.5) is 0 Å². The predicted octanol–water partition coefficient (Wildman–Crippen LogP) is 2.46. The molecule has 6 nitrogen and oxygen atoms in total. The molecule has 0 atom stereocenters. The van der Waals surface area contributed by atoms with Crippen molar-refractivity contribution >= 4 is 40.0 Å². The van der Waals surface area contributed by atoms with Gasteiger partial charge in [-0.15, -0.1) is 24.0 Å². The Morgan fingerprint density at radius 2 is 1.79 bits per heavy atom. The zero-order valence-electron chi connectivity index (χ0n) is 15.9. The quantitative estimate of drug-likeness (QED) is 0.314. The molecule has 1 aliphatic rings. The van der Waals surface area contributed by atoms with Crippen LogP contribution in [0.15, 0.2) is 4.99 Å².